The Labute approximate surface area is 90.1 Å². The predicted molar refractivity (Wildman–Crippen MR) is 58.1 cm³/mol. The van der Waals surface area contributed by atoms with Crippen molar-refractivity contribution in [2.45, 2.75) is 38.8 Å². The maximum atomic E-state index is 11.7. The number of hydrogen-bond acceptors (Lipinski definition) is 2. The lowest BCUT2D eigenvalue weighted by Gasteiger charge is -2.21. The van der Waals surface area contributed by atoms with Crippen LogP contribution in [0.4, 0.5) is 0 Å². The van der Waals surface area contributed by atoms with E-state index in [1.165, 1.54) is 5.56 Å². The van der Waals surface area contributed by atoms with Crippen LogP contribution in [0.25, 0.3) is 0 Å². The molecule has 1 aromatic rings. The maximum Gasteiger partial charge on any atom is 0.222 e. The molecule has 1 saturated carbocycles. The molecule has 0 unspecified atom stereocenters. The second kappa shape index (κ2) is 4.43. The van der Waals surface area contributed by atoms with Crippen molar-refractivity contribution >= 4 is 5.91 Å². The summed E-state index contributed by atoms with van der Waals surface area (Å²) >= 11 is 0. The van der Waals surface area contributed by atoms with Crippen LogP contribution in [0.15, 0.2) is 24.5 Å². The molecule has 1 amide bonds. The summed E-state index contributed by atoms with van der Waals surface area (Å²) in [6, 6.07) is 4.43. The zero-order chi connectivity index (χ0) is 10.7. The Morgan fingerprint density at radius 3 is 2.67 bits per heavy atom. The Morgan fingerprint density at radius 2 is 2.13 bits per heavy atom. The van der Waals surface area contributed by atoms with Crippen molar-refractivity contribution in [3.05, 3.63) is 30.1 Å². The van der Waals surface area contributed by atoms with Crippen LogP contribution in [-0.2, 0) is 11.3 Å². The minimum absolute atomic E-state index is 0.259. The quantitative estimate of drug-likeness (QED) is 0.751. The van der Waals surface area contributed by atoms with E-state index < -0.39 is 0 Å². The Kier molecular flexibility index (Phi) is 2.99. The predicted octanol–water partition coefficient (Wildman–Crippen LogP) is 1.98. The number of amides is 1. The van der Waals surface area contributed by atoms with E-state index in [9.17, 15) is 4.79 Å². The molecular weight excluding hydrogens is 188 g/mol. The van der Waals surface area contributed by atoms with Crippen LogP contribution in [-0.4, -0.2) is 21.8 Å². The molecule has 0 bridgehead atoms. The van der Waals surface area contributed by atoms with E-state index in [-0.39, 0.29) is 5.91 Å². The number of hydrogen-bond donors (Lipinski definition) is 0. The van der Waals surface area contributed by atoms with E-state index in [0.717, 1.165) is 19.4 Å². The van der Waals surface area contributed by atoms with Crippen molar-refractivity contribution in [2.75, 3.05) is 0 Å². The van der Waals surface area contributed by atoms with Gasteiger partial charge in [-0.2, -0.15) is 0 Å². The summed E-state index contributed by atoms with van der Waals surface area (Å²) < 4.78 is 0. The summed E-state index contributed by atoms with van der Waals surface area (Å²) in [5.74, 6) is 0.259. The molecule has 1 aliphatic rings. The van der Waals surface area contributed by atoms with Gasteiger partial charge >= 0.3 is 0 Å². The van der Waals surface area contributed by atoms with Gasteiger partial charge in [0.05, 0.1) is 0 Å². The van der Waals surface area contributed by atoms with E-state index in [2.05, 4.69) is 4.98 Å². The largest absolute Gasteiger partial charge is 0.335 e. The van der Waals surface area contributed by atoms with Crippen molar-refractivity contribution in [3.63, 3.8) is 0 Å². The summed E-state index contributed by atoms with van der Waals surface area (Å²) in [6.45, 7) is 2.66. The lowest BCUT2D eigenvalue weighted by atomic mass is 10.2. The third kappa shape index (κ3) is 2.55. The van der Waals surface area contributed by atoms with Crippen molar-refractivity contribution in [1.82, 2.24) is 9.88 Å². The second-order valence-electron chi connectivity index (χ2n) is 3.96. The average molecular weight is 204 g/mol. The summed E-state index contributed by atoms with van der Waals surface area (Å²) in [7, 11) is 0. The molecule has 0 atom stereocenters. The first-order chi connectivity index (χ1) is 7.31. The van der Waals surface area contributed by atoms with Crippen LogP contribution < -0.4 is 0 Å². The van der Waals surface area contributed by atoms with Crippen LogP contribution in [0.3, 0.4) is 0 Å². The van der Waals surface area contributed by atoms with Gasteiger partial charge < -0.3 is 4.90 Å². The average Bonchev–Trinajstić information content (AvgIpc) is 3.10. The van der Waals surface area contributed by atoms with Crippen LogP contribution >= 0.6 is 0 Å². The standard InChI is InChI=1S/C12H16N2O/c1-2-12(15)14(11-3-4-11)9-10-5-7-13-8-6-10/h5-8,11H,2-4,9H2,1H3. The minimum Gasteiger partial charge on any atom is -0.335 e. The molecule has 1 aliphatic carbocycles. The molecule has 0 N–H and O–H groups in total. The minimum atomic E-state index is 0.259. The molecule has 3 heteroatoms. The Bertz CT molecular complexity index is 333. The molecule has 3 nitrogen and oxygen atoms in total. The highest BCUT2D eigenvalue weighted by molar-refractivity contribution is 5.76. The zero-order valence-electron chi connectivity index (χ0n) is 9.02. The third-order valence-electron chi connectivity index (χ3n) is 2.71. The number of carbonyl (C=O) groups is 1. The van der Waals surface area contributed by atoms with Gasteiger partial charge in [0.25, 0.3) is 0 Å². The van der Waals surface area contributed by atoms with E-state index in [4.69, 9.17) is 0 Å². The van der Waals surface area contributed by atoms with Crippen LogP contribution in [0.2, 0.25) is 0 Å². The lowest BCUT2D eigenvalue weighted by molar-refractivity contribution is -0.132. The number of pyridine rings is 1. The fourth-order valence-electron chi connectivity index (χ4n) is 1.70. The Balaban J connectivity index is 2.04. The van der Waals surface area contributed by atoms with Crippen molar-refractivity contribution < 1.29 is 4.79 Å². The highest BCUT2D eigenvalue weighted by Crippen LogP contribution is 2.28. The van der Waals surface area contributed by atoms with Crippen LogP contribution in [0.1, 0.15) is 31.7 Å². The number of rotatable bonds is 4. The van der Waals surface area contributed by atoms with Crippen molar-refractivity contribution in [1.29, 1.82) is 0 Å². The molecular formula is C12H16N2O. The number of aromatic nitrogens is 1. The van der Waals surface area contributed by atoms with Gasteiger partial charge in [0.2, 0.25) is 5.91 Å². The molecule has 0 radical (unpaired) electrons. The van der Waals surface area contributed by atoms with Crippen LogP contribution in [0, 0.1) is 0 Å². The van der Waals surface area contributed by atoms with Crippen molar-refractivity contribution in [3.8, 4) is 0 Å². The maximum absolute atomic E-state index is 11.7. The number of nitrogens with zero attached hydrogens (tertiary/aromatic N) is 2. The normalized spacial score (nSPS) is 15.0. The molecule has 0 saturated heterocycles. The van der Waals surface area contributed by atoms with E-state index in [1.54, 1.807) is 12.4 Å². The van der Waals surface area contributed by atoms with Gasteiger partial charge in [0.15, 0.2) is 0 Å². The molecule has 0 aromatic carbocycles. The second-order valence-corrected chi connectivity index (χ2v) is 3.96. The Morgan fingerprint density at radius 1 is 1.47 bits per heavy atom. The summed E-state index contributed by atoms with van der Waals surface area (Å²) in [4.78, 5) is 17.7. The first-order valence-corrected chi connectivity index (χ1v) is 5.49. The van der Waals surface area contributed by atoms with E-state index >= 15 is 0 Å². The summed E-state index contributed by atoms with van der Waals surface area (Å²) in [6.07, 6.45) is 6.48. The van der Waals surface area contributed by atoms with Crippen molar-refractivity contribution in [2.24, 2.45) is 0 Å². The third-order valence-corrected chi connectivity index (χ3v) is 2.71. The van der Waals surface area contributed by atoms with Gasteiger partial charge in [-0.25, -0.2) is 0 Å². The number of carbonyl (C=O) groups excluding carboxylic acids is 1. The molecule has 0 aliphatic heterocycles. The fraction of sp³-hybridized carbons (Fsp3) is 0.500. The Hall–Kier alpha value is -1.38. The SMILES string of the molecule is CCC(=O)N(Cc1ccncc1)C1CC1. The van der Waals surface area contributed by atoms with Gasteiger partial charge in [0.1, 0.15) is 0 Å². The molecule has 1 aromatic heterocycles. The molecule has 0 spiro atoms. The van der Waals surface area contributed by atoms with Crippen LogP contribution in [0.5, 0.6) is 0 Å². The molecule has 15 heavy (non-hydrogen) atoms. The molecule has 80 valence electrons. The molecule has 1 fully saturated rings. The van der Waals surface area contributed by atoms with E-state index in [1.807, 2.05) is 24.0 Å². The van der Waals surface area contributed by atoms with Gasteiger partial charge in [-0.1, -0.05) is 6.92 Å². The smallest absolute Gasteiger partial charge is 0.222 e. The highest BCUT2D eigenvalue weighted by Gasteiger charge is 2.31. The zero-order valence-corrected chi connectivity index (χ0v) is 9.02. The highest BCUT2D eigenvalue weighted by atomic mass is 16.2. The van der Waals surface area contributed by atoms with Gasteiger partial charge in [-0.3, -0.25) is 9.78 Å². The summed E-state index contributed by atoms with van der Waals surface area (Å²) in [5.41, 5.74) is 1.17. The fourth-order valence-corrected chi connectivity index (χ4v) is 1.70. The lowest BCUT2D eigenvalue weighted by Crippen LogP contribution is -2.31. The monoisotopic (exact) mass is 204 g/mol. The molecule has 1 heterocycles. The van der Waals surface area contributed by atoms with Gasteiger partial charge in [-0.15, -0.1) is 0 Å². The van der Waals surface area contributed by atoms with E-state index in [0.29, 0.717) is 12.5 Å². The first-order valence-electron chi connectivity index (χ1n) is 5.49. The topological polar surface area (TPSA) is 33.2 Å². The van der Waals surface area contributed by atoms with Gasteiger partial charge in [0, 0.05) is 31.4 Å². The molecule has 2 rings (SSSR count). The summed E-state index contributed by atoms with van der Waals surface area (Å²) in [5, 5.41) is 0. The first kappa shape index (κ1) is 10.1. The van der Waals surface area contributed by atoms with Gasteiger partial charge in [-0.05, 0) is 30.5 Å².